The third-order valence-electron chi connectivity index (χ3n) is 4.12. The zero-order valence-corrected chi connectivity index (χ0v) is 12.4. The number of ether oxygens (including phenoxy) is 1. The van der Waals surface area contributed by atoms with Crippen LogP contribution in [0, 0.1) is 0 Å². The third-order valence-corrected chi connectivity index (χ3v) is 4.12. The number of rotatable bonds is 2. The van der Waals surface area contributed by atoms with Crippen molar-refractivity contribution in [1.82, 2.24) is 14.5 Å². The van der Waals surface area contributed by atoms with Crippen LogP contribution in [0.4, 0.5) is 10.5 Å². The van der Waals surface area contributed by atoms with E-state index in [-0.39, 0.29) is 18.0 Å². The van der Waals surface area contributed by atoms with E-state index in [0.717, 1.165) is 23.4 Å². The van der Waals surface area contributed by atoms with Gasteiger partial charge in [-0.15, -0.1) is 0 Å². The fourth-order valence-electron chi connectivity index (χ4n) is 2.83. The van der Waals surface area contributed by atoms with Crippen molar-refractivity contribution in [3.05, 3.63) is 42.5 Å². The van der Waals surface area contributed by atoms with Crippen LogP contribution in [-0.4, -0.2) is 45.6 Å². The number of benzene rings is 1. The van der Waals surface area contributed by atoms with Crippen molar-refractivity contribution in [2.24, 2.45) is 0 Å². The maximum atomic E-state index is 12.1. The monoisotopic (exact) mass is 312 g/mol. The number of aromatic nitrogens is 2. The van der Waals surface area contributed by atoms with Crippen molar-refractivity contribution in [3.63, 3.8) is 0 Å². The molecule has 2 aromatic rings. The largest absolute Gasteiger partial charge is 0.487 e. The number of hydrogen-bond acceptors (Lipinski definition) is 4. The van der Waals surface area contributed by atoms with Gasteiger partial charge in [-0.2, -0.15) is 0 Å². The average Bonchev–Trinajstić information content (AvgIpc) is 3.04. The number of nitrogens with one attached hydrogen (secondary N) is 1. The average molecular weight is 312 g/mol. The maximum Gasteiger partial charge on any atom is 0.329 e. The minimum atomic E-state index is -0.0875. The Labute approximate surface area is 132 Å². The predicted molar refractivity (Wildman–Crippen MR) is 82.4 cm³/mol. The van der Waals surface area contributed by atoms with Crippen LogP contribution in [0.5, 0.6) is 5.75 Å². The van der Waals surface area contributed by atoms with Crippen molar-refractivity contribution < 1.29 is 14.3 Å². The Morgan fingerprint density at radius 3 is 2.96 bits per heavy atom. The van der Waals surface area contributed by atoms with E-state index in [4.69, 9.17) is 4.74 Å². The van der Waals surface area contributed by atoms with E-state index in [1.165, 1.54) is 10.9 Å². The number of amides is 2. The molecule has 3 heterocycles. The van der Waals surface area contributed by atoms with Crippen LogP contribution >= 0.6 is 0 Å². The highest BCUT2D eigenvalue weighted by Crippen LogP contribution is 2.28. The minimum Gasteiger partial charge on any atom is -0.487 e. The highest BCUT2D eigenvalue weighted by molar-refractivity contribution is 5.94. The molecule has 4 rings (SSSR count). The minimum absolute atomic E-state index is 0.00120. The smallest absolute Gasteiger partial charge is 0.329 e. The molecule has 1 aromatic carbocycles. The molecule has 0 spiro atoms. The van der Waals surface area contributed by atoms with Crippen molar-refractivity contribution >= 4 is 17.6 Å². The van der Waals surface area contributed by atoms with Crippen LogP contribution in [0.2, 0.25) is 0 Å². The fraction of sp³-hybridized carbons (Fsp3) is 0.312. The van der Waals surface area contributed by atoms with Crippen LogP contribution in [0.3, 0.4) is 0 Å². The van der Waals surface area contributed by atoms with E-state index >= 15 is 0 Å². The molecular formula is C16H16N4O3. The van der Waals surface area contributed by atoms with E-state index in [2.05, 4.69) is 10.3 Å². The summed E-state index contributed by atoms with van der Waals surface area (Å²) in [5.74, 6) is 0.832. The lowest BCUT2D eigenvalue weighted by Crippen LogP contribution is -2.57. The summed E-state index contributed by atoms with van der Waals surface area (Å²) < 4.78 is 7.37. The highest BCUT2D eigenvalue weighted by Gasteiger charge is 2.33. The van der Waals surface area contributed by atoms with Crippen molar-refractivity contribution in [1.29, 1.82) is 0 Å². The fourth-order valence-corrected chi connectivity index (χ4v) is 2.83. The molecule has 0 unspecified atom stereocenters. The van der Waals surface area contributed by atoms with Gasteiger partial charge in [-0.25, -0.2) is 9.78 Å². The standard InChI is InChI=1S/C16H16N4O3/c21-15-4-1-11-7-12(2-3-14(11)18-15)23-13-8-20(9-13)16(22)19-6-5-17-10-19/h2-3,5-7,10,13H,1,4,8-9H2,(H,18,21). The number of nitrogens with zero attached hydrogens (tertiary/aromatic N) is 3. The van der Waals surface area contributed by atoms with Gasteiger partial charge in [0.05, 0.1) is 13.1 Å². The Morgan fingerprint density at radius 1 is 1.30 bits per heavy atom. The molecule has 0 bridgehead atoms. The molecule has 1 saturated heterocycles. The Morgan fingerprint density at radius 2 is 2.17 bits per heavy atom. The molecular weight excluding hydrogens is 296 g/mol. The van der Waals surface area contributed by atoms with Crippen molar-refractivity contribution in [2.75, 3.05) is 18.4 Å². The second-order valence-corrected chi connectivity index (χ2v) is 5.76. The first kappa shape index (κ1) is 13.8. The lowest BCUT2D eigenvalue weighted by atomic mass is 10.0. The van der Waals surface area contributed by atoms with Gasteiger partial charge in [0.1, 0.15) is 18.2 Å². The Kier molecular flexibility index (Phi) is 3.25. The molecule has 7 heteroatoms. The highest BCUT2D eigenvalue weighted by atomic mass is 16.5. The second kappa shape index (κ2) is 5.42. The number of carbonyl (C=O) groups is 2. The molecule has 23 heavy (non-hydrogen) atoms. The summed E-state index contributed by atoms with van der Waals surface area (Å²) >= 11 is 0. The predicted octanol–water partition coefficient (Wildman–Crippen LogP) is 1.50. The van der Waals surface area contributed by atoms with Gasteiger partial charge in [0.15, 0.2) is 0 Å². The molecule has 0 atom stereocenters. The van der Waals surface area contributed by atoms with Crippen LogP contribution in [0.25, 0.3) is 0 Å². The van der Waals surface area contributed by atoms with Gasteiger partial charge < -0.3 is 15.0 Å². The first-order valence-electron chi connectivity index (χ1n) is 7.56. The van der Waals surface area contributed by atoms with Gasteiger partial charge in [0.2, 0.25) is 5.91 Å². The summed E-state index contributed by atoms with van der Waals surface area (Å²) in [6.45, 7) is 1.12. The summed E-state index contributed by atoms with van der Waals surface area (Å²) in [5, 5.41) is 2.85. The van der Waals surface area contributed by atoms with Gasteiger partial charge in [-0.3, -0.25) is 9.36 Å². The Bertz CT molecular complexity index is 751. The molecule has 0 aliphatic carbocycles. The van der Waals surface area contributed by atoms with Gasteiger partial charge >= 0.3 is 6.03 Å². The van der Waals surface area contributed by atoms with Crippen LogP contribution in [0.15, 0.2) is 36.9 Å². The number of hydrogen-bond donors (Lipinski definition) is 1. The lowest BCUT2D eigenvalue weighted by molar-refractivity contribution is -0.116. The SMILES string of the molecule is O=C1CCc2cc(OC3CN(C(=O)n4ccnc4)C3)ccc2N1. The van der Waals surface area contributed by atoms with Crippen LogP contribution in [-0.2, 0) is 11.2 Å². The van der Waals surface area contributed by atoms with Gasteiger partial charge in [0, 0.05) is 24.5 Å². The number of fused-ring (bicyclic) bond motifs is 1. The topological polar surface area (TPSA) is 76.5 Å². The number of carbonyl (C=O) groups excluding carboxylic acids is 2. The zero-order chi connectivity index (χ0) is 15.8. The molecule has 0 saturated carbocycles. The molecule has 2 aliphatic heterocycles. The molecule has 1 aromatic heterocycles. The van der Waals surface area contributed by atoms with Gasteiger partial charge in [0.25, 0.3) is 0 Å². The number of aryl methyl sites for hydroxylation is 1. The van der Waals surface area contributed by atoms with E-state index in [9.17, 15) is 9.59 Å². The van der Waals surface area contributed by atoms with Gasteiger partial charge in [-0.1, -0.05) is 0 Å². The zero-order valence-electron chi connectivity index (χ0n) is 12.4. The summed E-state index contributed by atoms with van der Waals surface area (Å²) in [7, 11) is 0. The Balaban J connectivity index is 1.36. The van der Waals surface area contributed by atoms with Crippen molar-refractivity contribution in [2.45, 2.75) is 18.9 Å². The quantitative estimate of drug-likeness (QED) is 0.911. The third kappa shape index (κ3) is 2.65. The summed E-state index contributed by atoms with van der Waals surface area (Å²) in [6, 6.07) is 5.60. The van der Waals surface area contributed by atoms with Crippen LogP contribution in [0.1, 0.15) is 12.0 Å². The van der Waals surface area contributed by atoms with E-state index in [0.29, 0.717) is 19.5 Å². The Hall–Kier alpha value is -2.83. The molecule has 0 radical (unpaired) electrons. The first-order chi connectivity index (χ1) is 11.2. The molecule has 2 aliphatic rings. The molecule has 7 nitrogen and oxygen atoms in total. The lowest BCUT2D eigenvalue weighted by Gasteiger charge is -2.38. The van der Waals surface area contributed by atoms with E-state index < -0.39 is 0 Å². The van der Waals surface area contributed by atoms with E-state index in [1.54, 1.807) is 17.3 Å². The number of likely N-dealkylation sites (tertiary alicyclic amines) is 1. The summed E-state index contributed by atoms with van der Waals surface area (Å²) in [4.78, 5) is 29.0. The van der Waals surface area contributed by atoms with Crippen molar-refractivity contribution in [3.8, 4) is 5.75 Å². The summed E-state index contributed by atoms with van der Waals surface area (Å²) in [5.41, 5.74) is 1.95. The number of imidazole rings is 1. The van der Waals surface area contributed by atoms with Crippen LogP contribution < -0.4 is 10.1 Å². The molecule has 1 fully saturated rings. The summed E-state index contributed by atoms with van der Waals surface area (Å²) in [6.07, 6.45) is 5.94. The van der Waals surface area contributed by atoms with E-state index in [1.807, 2.05) is 18.2 Å². The molecule has 2 amide bonds. The normalized spacial score (nSPS) is 17.2. The molecule has 118 valence electrons. The second-order valence-electron chi connectivity index (χ2n) is 5.76. The maximum absolute atomic E-state index is 12.1. The first-order valence-corrected chi connectivity index (χ1v) is 7.56. The van der Waals surface area contributed by atoms with Gasteiger partial charge in [-0.05, 0) is 30.2 Å². The number of anilines is 1. The molecule has 1 N–H and O–H groups in total.